The second-order valence-electron chi connectivity index (χ2n) is 7.03. The van der Waals surface area contributed by atoms with E-state index in [1.54, 1.807) is 20.4 Å². The van der Waals surface area contributed by atoms with Gasteiger partial charge in [0.25, 0.3) is 0 Å². The lowest BCUT2D eigenvalue weighted by molar-refractivity contribution is 0.221. The van der Waals surface area contributed by atoms with Gasteiger partial charge in [0, 0.05) is 31.2 Å². The molecule has 5 nitrogen and oxygen atoms in total. The Bertz CT molecular complexity index is 952. The Labute approximate surface area is 165 Å². The third kappa shape index (κ3) is 3.90. The molecular weight excluding hydrogens is 352 g/mol. The van der Waals surface area contributed by atoms with Crippen molar-refractivity contribution in [3.63, 3.8) is 0 Å². The second kappa shape index (κ2) is 8.48. The Morgan fingerprint density at radius 1 is 0.964 bits per heavy atom. The van der Waals surface area contributed by atoms with Crippen LogP contribution in [0.3, 0.4) is 0 Å². The molecule has 5 heteroatoms. The maximum atomic E-state index is 6.04. The Morgan fingerprint density at radius 2 is 1.75 bits per heavy atom. The Hall–Kier alpha value is -2.79. The van der Waals surface area contributed by atoms with Crippen LogP contribution in [0.4, 0.5) is 0 Å². The third-order valence-corrected chi connectivity index (χ3v) is 5.28. The molecule has 0 bridgehead atoms. The van der Waals surface area contributed by atoms with Crippen molar-refractivity contribution in [3.8, 4) is 17.2 Å². The smallest absolute Gasteiger partial charge is 0.161 e. The van der Waals surface area contributed by atoms with Gasteiger partial charge in [0.15, 0.2) is 11.5 Å². The van der Waals surface area contributed by atoms with E-state index >= 15 is 0 Å². The monoisotopic (exact) mass is 378 g/mol. The molecule has 4 rings (SSSR count). The lowest BCUT2D eigenvalue weighted by atomic mass is 9.98. The van der Waals surface area contributed by atoms with Crippen LogP contribution in [0.1, 0.15) is 17.5 Å². The number of fused-ring (bicyclic) bond motifs is 2. The van der Waals surface area contributed by atoms with Crippen LogP contribution in [-0.2, 0) is 13.0 Å². The number of aromatic nitrogens is 1. The molecule has 0 saturated carbocycles. The van der Waals surface area contributed by atoms with Crippen LogP contribution in [0, 0.1) is 0 Å². The third-order valence-electron chi connectivity index (χ3n) is 5.28. The molecular formula is C23H26N2O3. The van der Waals surface area contributed by atoms with Crippen LogP contribution in [0.25, 0.3) is 10.9 Å². The number of para-hydroxylation sites is 1. The SMILES string of the molecule is COc1cc2c(cc1OC)CN(CCCOc1ccnc3ccccc13)CC2. The van der Waals surface area contributed by atoms with E-state index in [1.165, 1.54) is 11.1 Å². The molecule has 146 valence electrons. The summed E-state index contributed by atoms with van der Waals surface area (Å²) in [6.07, 6.45) is 3.83. The van der Waals surface area contributed by atoms with Crippen molar-refractivity contribution in [2.24, 2.45) is 0 Å². The molecule has 28 heavy (non-hydrogen) atoms. The van der Waals surface area contributed by atoms with Gasteiger partial charge in [-0.1, -0.05) is 12.1 Å². The number of ether oxygens (including phenoxy) is 3. The minimum atomic E-state index is 0.698. The first-order chi connectivity index (χ1) is 13.8. The van der Waals surface area contributed by atoms with Crippen molar-refractivity contribution in [2.75, 3.05) is 33.9 Å². The zero-order chi connectivity index (χ0) is 19.3. The topological polar surface area (TPSA) is 43.8 Å². The normalized spacial score (nSPS) is 13.9. The highest BCUT2D eigenvalue weighted by atomic mass is 16.5. The van der Waals surface area contributed by atoms with Crippen LogP contribution in [0.15, 0.2) is 48.7 Å². The van der Waals surface area contributed by atoms with Crippen LogP contribution < -0.4 is 14.2 Å². The van der Waals surface area contributed by atoms with Crippen molar-refractivity contribution in [1.29, 1.82) is 0 Å². The molecule has 3 aromatic rings. The van der Waals surface area contributed by atoms with Gasteiger partial charge in [-0.2, -0.15) is 0 Å². The highest BCUT2D eigenvalue weighted by Crippen LogP contribution is 2.33. The number of methoxy groups -OCH3 is 2. The second-order valence-corrected chi connectivity index (χ2v) is 7.03. The molecule has 0 amide bonds. The van der Waals surface area contributed by atoms with Gasteiger partial charge in [-0.3, -0.25) is 9.88 Å². The largest absolute Gasteiger partial charge is 0.493 e. The van der Waals surface area contributed by atoms with Gasteiger partial charge in [-0.15, -0.1) is 0 Å². The Morgan fingerprint density at radius 3 is 2.57 bits per heavy atom. The molecule has 0 N–H and O–H groups in total. The first-order valence-electron chi connectivity index (χ1n) is 9.71. The fourth-order valence-corrected chi connectivity index (χ4v) is 3.80. The fraction of sp³-hybridized carbons (Fsp3) is 0.348. The van der Waals surface area contributed by atoms with Gasteiger partial charge >= 0.3 is 0 Å². The van der Waals surface area contributed by atoms with Crippen LogP contribution in [0.2, 0.25) is 0 Å². The van der Waals surface area contributed by atoms with E-state index in [1.807, 2.05) is 24.3 Å². The lowest BCUT2D eigenvalue weighted by Crippen LogP contribution is -2.32. The van der Waals surface area contributed by atoms with Gasteiger partial charge in [0.2, 0.25) is 0 Å². The lowest BCUT2D eigenvalue weighted by Gasteiger charge is -2.29. The van der Waals surface area contributed by atoms with E-state index in [9.17, 15) is 0 Å². The molecule has 0 fully saturated rings. The summed E-state index contributed by atoms with van der Waals surface area (Å²) in [5.74, 6) is 2.52. The van der Waals surface area contributed by atoms with Crippen LogP contribution in [0.5, 0.6) is 17.2 Å². The van der Waals surface area contributed by atoms with E-state index in [0.29, 0.717) is 6.61 Å². The molecule has 0 radical (unpaired) electrons. The average Bonchev–Trinajstić information content (AvgIpc) is 2.75. The summed E-state index contributed by atoms with van der Waals surface area (Å²) < 4.78 is 16.9. The summed E-state index contributed by atoms with van der Waals surface area (Å²) in [6, 6.07) is 14.3. The molecule has 1 aromatic heterocycles. The zero-order valence-corrected chi connectivity index (χ0v) is 16.5. The van der Waals surface area contributed by atoms with Gasteiger partial charge in [-0.05, 0) is 54.3 Å². The average molecular weight is 378 g/mol. The summed E-state index contributed by atoms with van der Waals surface area (Å²) in [7, 11) is 3.37. The van der Waals surface area contributed by atoms with Gasteiger partial charge in [0.1, 0.15) is 5.75 Å². The van der Waals surface area contributed by atoms with Crippen molar-refractivity contribution >= 4 is 10.9 Å². The maximum absolute atomic E-state index is 6.04. The minimum absolute atomic E-state index is 0.698. The first-order valence-corrected chi connectivity index (χ1v) is 9.71. The predicted octanol–water partition coefficient (Wildman–Crippen LogP) is 4.08. The van der Waals surface area contributed by atoms with E-state index in [-0.39, 0.29) is 0 Å². The van der Waals surface area contributed by atoms with Crippen molar-refractivity contribution in [1.82, 2.24) is 9.88 Å². The standard InChI is InChI=1S/C23H26N2O3/c1-26-22-14-17-9-12-25(16-18(17)15-23(22)27-2)11-5-13-28-21-8-10-24-20-7-4-3-6-19(20)21/h3-4,6-8,10,14-15H,5,9,11-13,16H2,1-2H3. The summed E-state index contributed by atoms with van der Waals surface area (Å²) in [5.41, 5.74) is 3.65. The molecule has 1 aliphatic rings. The number of pyridine rings is 1. The van der Waals surface area contributed by atoms with Gasteiger partial charge < -0.3 is 14.2 Å². The van der Waals surface area contributed by atoms with Crippen molar-refractivity contribution in [3.05, 3.63) is 59.8 Å². The summed E-state index contributed by atoms with van der Waals surface area (Å²) in [5, 5.41) is 1.07. The maximum Gasteiger partial charge on any atom is 0.161 e. The van der Waals surface area contributed by atoms with E-state index in [4.69, 9.17) is 14.2 Å². The number of benzene rings is 2. The molecule has 2 heterocycles. The molecule has 0 unspecified atom stereocenters. The van der Waals surface area contributed by atoms with E-state index < -0.39 is 0 Å². The molecule has 2 aromatic carbocycles. The van der Waals surface area contributed by atoms with Crippen molar-refractivity contribution in [2.45, 2.75) is 19.4 Å². The first kappa shape index (κ1) is 18.6. The highest BCUT2D eigenvalue weighted by molar-refractivity contribution is 5.84. The number of rotatable bonds is 7. The quantitative estimate of drug-likeness (QED) is 0.580. The molecule has 0 atom stereocenters. The zero-order valence-electron chi connectivity index (χ0n) is 16.5. The molecule has 0 spiro atoms. The summed E-state index contributed by atoms with van der Waals surface area (Å²) in [6.45, 7) is 3.70. The number of hydrogen-bond donors (Lipinski definition) is 0. The molecule has 0 aliphatic carbocycles. The number of hydrogen-bond acceptors (Lipinski definition) is 5. The van der Waals surface area contributed by atoms with Gasteiger partial charge in [0.05, 0.1) is 26.3 Å². The summed E-state index contributed by atoms with van der Waals surface area (Å²) >= 11 is 0. The molecule has 1 aliphatic heterocycles. The van der Waals surface area contributed by atoms with Crippen LogP contribution >= 0.6 is 0 Å². The highest BCUT2D eigenvalue weighted by Gasteiger charge is 2.19. The minimum Gasteiger partial charge on any atom is -0.493 e. The van der Waals surface area contributed by atoms with E-state index in [2.05, 4.69) is 28.1 Å². The van der Waals surface area contributed by atoms with Crippen LogP contribution in [-0.4, -0.2) is 43.8 Å². The predicted molar refractivity (Wildman–Crippen MR) is 110 cm³/mol. The summed E-state index contributed by atoms with van der Waals surface area (Å²) in [4.78, 5) is 6.86. The Kier molecular flexibility index (Phi) is 5.63. The fourth-order valence-electron chi connectivity index (χ4n) is 3.80. The Balaban J connectivity index is 1.33. The van der Waals surface area contributed by atoms with Crippen molar-refractivity contribution < 1.29 is 14.2 Å². The van der Waals surface area contributed by atoms with E-state index in [0.717, 1.165) is 60.6 Å². The molecule has 0 saturated heterocycles. The number of nitrogens with zero attached hydrogens (tertiary/aromatic N) is 2. The van der Waals surface area contributed by atoms with Gasteiger partial charge in [-0.25, -0.2) is 0 Å².